The van der Waals surface area contributed by atoms with E-state index in [4.69, 9.17) is 0 Å². The van der Waals surface area contributed by atoms with Crippen molar-refractivity contribution < 1.29 is 13.2 Å². The summed E-state index contributed by atoms with van der Waals surface area (Å²) in [5.41, 5.74) is 1.38. The van der Waals surface area contributed by atoms with Crippen LogP contribution in [0.15, 0.2) is 49.2 Å². The predicted octanol–water partition coefficient (Wildman–Crippen LogP) is 3.29. The van der Waals surface area contributed by atoms with Crippen molar-refractivity contribution in [2.75, 3.05) is 0 Å². The number of nitrogens with zero attached hydrogens (tertiary/aromatic N) is 6. The minimum atomic E-state index is -4.46. The molecule has 4 aromatic rings. The maximum atomic E-state index is 12.8. The monoisotopic (exact) mass is 358 g/mol. The van der Waals surface area contributed by atoms with Gasteiger partial charge in [-0.1, -0.05) is 24.3 Å². The lowest BCUT2D eigenvalue weighted by Gasteiger charge is -2.06. The van der Waals surface area contributed by atoms with E-state index in [0.29, 0.717) is 12.1 Å². The van der Waals surface area contributed by atoms with Gasteiger partial charge in [-0.3, -0.25) is 0 Å². The number of aromatic nitrogens is 6. The van der Waals surface area contributed by atoms with Gasteiger partial charge in [-0.2, -0.15) is 18.3 Å². The summed E-state index contributed by atoms with van der Waals surface area (Å²) in [7, 11) is 1.54. The Bertz CT molecular complexity index is 1060. The molecule has 3 heterocycles. The van der Waals surface area contributed by atoms with Crippen molar-refractivity contribution in [3.63, 3.8) is 0 Å². The second-order valence-electron chi connectivity index (χ2n) is 5.86. The number of imidazole rings is 1. The lowest BCUT2D eigenvalue weighted by Crippen LogP contribution is -2.05. The van der Waals surface area contributed by atoms with Crippen LogP contribution in [-0.4, -0.2) is 29.3 Å². The van der Waals surface area contributed by atoms with E-state index in [0.717, 1.165) is 22.8 Å². The molecule has 0 amide bonds. The molecule has 0 aliphatic rings. The molecular formula is C17H13F3N6. The Morgan fingerprint density at radius 2 is 1.85 bits per heavy atom. The number of hydrogen-bond donors (Lipinski definition) is 0. The van der Waals surface area contributed by atoms with Crippen molar-refractivity contribution in [1.29, 1.82) is 0 Å². The predicted molar refractivity (Wildman–Crippen MR) is 88.1 cm³/mol. The van der Waals surface area contributed by atoms with E-state index < -0.39 is 11.9 Å². The molecular weight excluding hydrogens is 345 g/mol. The van der Waals surface area contributed by atoms with Crippen molar-refractivity contribution >= 4 is 11.0 Å². The maximum Gasteiger partial charge on any atom is 0.434 e. The Morgan fingerprint density at radius 3 is 2.54 bits per heavy atom. The Morgan fingerprint density at radius 1 is 1.08 bits per heavy atom. The third-order valence-corrected chi connectivity index (χ3v) is 4.01. The summed E-state index contributed by atoms with van der Waals surface area (Å²) in [4.78, 5) is 11.9. The fourth-order valence-corrected chi connectivity index (χ4v) is 2.75. The summed E-state index contributed by atoms with van der Waals surface area (Å²) in [5.74, 6) is 0.265. The molecule has 0 unspecified atom stereocenters. The van der Waals surface area contributed by atoms with Crippen LogP contribution in [0.2, 0.25) is 0 Å². The van der Waals surface area contributed by atoms with Crippen molar-refractivity contribution in [3.8, 4) is 11.4 Å². The third kappa shape index (κ3) is 2.92. The lowest BCUT2D eigenvalue weighted by molar-refractivity contribution is -0.140. The third-order valence-electron chi connectivity index (χ3n) is 4.01. The molecule has 4 rings (SSSR count). The standard InChI is InChI=1S/C17H13F3N6/c1-25-9-14(17(18,19)20)24-16(25)12-4-2-11(3-5-12)8-26-15-13(7-23-26)6-21-10-22-15/h2-7,9-10H,8H2,1H3. The van der Waals surface area contributed by atoms with Crippen molar-refractivity contribution in [2.24, 2.45) is 7.05 Å². The summed E-state index contributed by atoms with van der Waals surface area (Å²) in [6.45, 7) is 0.495. The number of rotatable bonds is 3. The molecule has 0 aliphatic heterocycles. The van der Waals surface area contributed by atoms with Gasteiger partial charge < -0.3 is 4.57 Å². The number of hydrogen-bond acceptors (Lipinski definition) is 4. The average Bonchev–Trinajstić information content (AvgIpc) is 3.20. The van der Waals surface area contributed by atoms with Gasteiger partial charge in [-0.25, -0.2) is 19.6 Å². The first-order chi connectivity index (χ1) is 12.4. The zero-order chi connectivity index (χ0) is 18.3. The molecule has 26 heavy (non-hydrogen) atoms. The molecule has 0 radical (unpaired) electrons. The molecule has 0 fully saturated rings. The summed E-state index contributed by atoms with van der Waals surface area (Å²) >= 11 is 0. The smallest absolute Gasteiger partial charge is 0.333 e. The van der Waals surface area contributed by atoms with Crippen LogP contribution in [0.3, 0.4) is 0 Å². The Labute approximate surface area is 146 Å². The van der Waals surface area contributed by atoms with Gasteiger partial charge >= 0.3 is 6.18 Å². The van der Waals surface area contributed by atoms with Crippen LogP contribution in [0, 0.1) is 0 Å². The van der Waals surface area contributed by atoms with Crippen LogP contribution in [0.25, 0.3) is 22.4 Å². The first-order valence-electron chi connectivity index (χ1n) is 7.73. The van der Waals surface area contributed by atoms with E-state index in [1.165, 1.54) is 10.9 Å². The highest BCUT2D eigenvalue weighted by atomic mass is 19.4. The van der Waals surface area contributed by atoms with Crippen molar-refractivity contribution in [1.82, 2.24) is 29.3 Å². The van der Waals surface area contributed by atoms with E-state index in [1.54, 1.807) is 36.3 Å². The topological polar surface area (TPSA) is 61.4 Å². The van der Waals surface area contributed by atoms with Gasteiger partial charge in [0.05, 0.1) is 18.1 Å². The number of halogens is 3. The quantitative estimate of drug-likeness (QED) is 0.564. The molecule has 0 N–H and O–H groups in total. The van der Waals surface area contributed by atoms with Gasteiger partial charge in [-0.05, 0) is 5.56 Å². The number of benzene rings is 1. The number of alkyl halides is 3. The molecule has 6 nitrogen and oxygen atoms in total. The normalized spacial score (nSPS) is 12.0. The first-order valence-corrected chi connectivity index (χ1v) is 7.73. The van der Waals surface area contributed by atoms with Crippen LogP contribution in [0.4, 0.5) is 13.2 Å². The van der Waals surface area contributed by atoms with Gasteiger partial charge in [0.15, 0.2) is 11.3 Å². The second-order valence-corrected chi connectivity index (χ2v) is 5.86. The Kier molecular flexibility index (Phi) is 3.71. The molecule has 0 aliphatic carbocycles. The highest BCUT2D eigenvalue weighted by Gasteiger charge is 2.34. The van der Waals surface area contributed by atoms with Crippen molar-refractivity contribution in [2.45, 2.75) is 12.7 Å². The zero-order valence-corrected chi connectivity index (χ0v) is 13.6. The van der Waals surface area contributed by atoms with E-state index >= 15 is 0 Å². The zero-order valence-electron chi connectivity index (χ0n) is 13.6. The largest absolute Gasteiger partial charge is 0.434 e. The van der Waals surface area contributed by atoms with E-state index in [-0.39, 0.29) is 5.82 Å². The molecule has 1 aromatic carbocycles. The summed E-state index contributed by atoms with van der Waals surface area (Å²) in [5, 5.41) is 5.13. The van der Waals surface area contributed by atoms with Gasteiger partial charge in [-0.15, -0.1) is 0 Å². The van der Waals surface area contributed by atoms with Gasteiger partial charge in [0.1, 0.15) is 12.2 Å². The van der Waals surface area contributed by atoms with E-state index in [2.05, 4.69) is 20.1 Å². The molecule has 0 spiro atoms. The average molecular weight is 358 g/mol. The number of fused-ring (bicyclic) bond motifs is 1. The fraction of sp³-hybridized carbons (Fsp3) is 0.176. The number of aryl methyl sites for hydroxylation is 1. The van der Waals surface area contributed by atoms with Crippen LogP contribution < -0.4 is 0 Å². The molecule has 132 valence electrons. The van der Waals surface area contributed by atoms with Crippen molar-refractivity contribution in [3.05, 3.63) is 60.4 Å². The molecule has 0 saturated carbocycles. The van der Waals surface area contributed by atoms with Crippen LogP contribution in [0.1, 0.15) is 11.3 Å². The second kappa shape index (κ2) is 5.94. The first kappa shape index (κ1) is 16.2. The summed E-state index contributed by atoms with van der Waals surface area (Å²) in [6.07, 6.45) is 1.37. The fourth-order valence-electron chi connectivity index (χ4n) is 2.75. The molecule has 0 bridgehead atoms. The van der Waals surface area contributed by atoms with Crippen LogP contribution in [-0.2, 0) is 19.8 Å². The molecule has 0 saturated heterocycles. The molecule has 3 aromatic heterocycles. The Hall–Kier alpha value is -3.23. The highest BCUT2D eigenvalue weighted by Crippen LogP contribution is 2.30. The van der Waals surface area contributed by atoms with Crippen LogP contribution in [0.5, 0.6) is 0 Å². The molecule has 9 heteroatoms. The maximum absolute atomic E-state index is 12.8. The minimum Gasteiger partial charge on any atom is -0.333 e. The van der Waals surface area contributed by atoms with Gasteiger partial charge in [0.2, 0.25) is 0 Å². The van der Waals surface area contributed by atoms with Gasteiger partial charge in [0.25, 0.3) is 0 Å². The summed E-state index contributed by atoms with van der Waals surface area (Å²) in [6, 6.07) is 7.18. The van der Waals surface area contributed by atoms with E-state index in [1.807, 2.05) is 12.1 Å². The minimum absolute atomic E-state index is 0.265. The van der Waals surface area contributed by atoms with E-state index in [9.17, 15) is 13.2 Å². The summed E-state index contributed by atoms with van der Waals surface area (Å²) < 4.78 is 41.5. The Balaban J connectivity index is 1.60. The highest BCUT2D eigenvalue weighted by molar-refractivity contribution is 5.72. The lowest BCUT2D eigenvalue weighted by atomic mass is 10.1. The molecule has 0 atom stereocenters. The SMILES string of the molecule is Cn1cc(C(F)(F)F)nc1-c1ccc(Cn2ncc3cncnc32)cc1. The van der Waals surface area contributed by atoms with Gasteiger partial charge in [0, 0.05) is 25.0 Å². The van der Waals surface area contributed by atoms with Crippen LogP contribution >= 0.6 is 0 Å².